The summed E-state index contributed by atoms with van der Waals surface area (Å²) in [4.78, 5) is 0. The minimum atomic E-state index is -3.48. The molecule has 1 rings (SSSR count). The Morgan fingerprint density at radius 2 is 2.23 bits per heavy atom. The van der Waals surface area contributed by atoms with Crippen molar-refractivity contribution in [1.82, 2.24) is 0 Å². The lowest BCUT2D eigenvalue weighted by Crippen LogP contribution is -2.23. The van der Waals surface area contributed by atoms with Crippen LogP contribution in [0.4, 0.5) is 0 Å². The van der Waals surface area contributed by atoms with E-state index in [0.717, 1.165) is 19.3 Å². The molecule has 1 fully saturated rings. The van der Waals surface area contributed by atoms with Crippen molar-refractivity contribution in [2.24, 2.45) is 0 Å². The third kappa shape index (κ3) is 4.11. The third-order valence-corrected chi connectivity index (χ3v) is 3.04. The van der Waals surface area contributed by atoms with Crippen LogP contribution in [0.5, 0.6) is 0 Å². The van der Waals surface area contributed by atoms with Gasteiger partial charge in [0.1, 0.15) is 0 Å². The van der Waals surface area contributed by atoms with Gasteiger partial charge in [-0.15, -0.1) is 0 Å². The van der Waals surface area contributed by atoms with Crippen LogP contribution in [0.1, 0.15) is 19.3 Å². The van der Waals surface area contributed by atoms with E-state index in [1.165, 1.54) is 0 Å². The zero-order valence-electron chi connectivity index (χ0n) is 7.33. The van der Waals surface area contributed by atoms with Crippen molar-refractivity contribution < 1.29 is 13.2 Å². The maximum atomic E-state index is 10.7. The summed E-state index contributed by atoms with van der Waals surface area (Å²) in [6.45, 7) is 4.36. The van der Waals surface area contributed by atoms with Crippen LogP contribution in [0.2, 0.25) is 0 Å². The third-order valence-electron chi connectivity index (χ3n) is 1.99. The molecule has 1 heterocycles. The van der Waals surface area contributed by atoms with Crippen LogP contribution < -0.4 is 0 Å². The lowest BCUT2D eigenvalue weighted by atomic mass is 10.0. The highest BCUT2D eigenvalue weighted by Gasteiger charge is 2.20. The van der Waals surface area contributed by atoms with E-state index in [1.807, 2.05) is 0 Å². The van der Waals surface area contributed by atoms with Gasteiger partial charge in [-0.3, -0.25) is 0 Å². The molecule has 0 aromatic heterocycles. The van der Waals surface area contributed by atoms with Crippen LogP contribution in [-0.4, -0.2) is 26.9 Å². The van der Waals surface area contributed by atoms with Gasteiger partial charge in [-0.1, -0.05) is 6.58 Å². The molecule has 1 atom stereocenters. The average molecular weight is 225 g/mol. The number of rotatable bonds is 3. The molecule has 0 aromatic carbocycles. The molecule has 1 saturated heterocycles. The Morgan fingerprint density at radius 1 is 1.54 bits per heavy atom. The topological polar surface area (TPSA) is 43.4 Å². The highest BCUT2D eigenvalue weighted by Crippen LogP contribution is 2.20. The fourth-order valence-electron chi connectivity index (χ4n) is 1.38. The van der Waals surface area contributed by atoms with Crippen molar-refractivity contribution >= 4 is 19.7 Å². The fourth-order valence-corrected chi connectivity index (χ4v) is 2.43. The van der Waals surface area contributed by atoms with Gasteiger partial charge < -0.3 is 4.74 Å². The lowest BCUT2D eigenvalue weighted by Gasteiger charge is -2.23. The van der Waals surface area contributed by atoms with Crippen LogP contribution in [-0.2, 0) is 13.8 Å². The fraction of sp³-hybridized carbons (Fsp3) is 0.750. The molecule has 0 aliphatic carbocycles. The zero-order chi connectivity index (χ0) is 9.90. The first-order valence-corrected chi connectivity index (χ1v) is 6.68. The van der Waals surface area contributed by atoms with Gasteiger partial charge in [0.05, 0.1) is 11.9 Å². The Balaban J connectivity index is 2.47. The number of hydrogen-bond donors (Lipinski definition) is 0. The SMILES string of the molecule is C=C(CS(=O)(=O)Cl)C1CCCCO1. The monoisotopic (exact) mass is 224 g/mol. The first-order valence-electron chi connectivity index (χ1n) is 4.20. The van der Waals surface area contributed by atoms with Gasteiger partial charge >= 0.3 is 0 Å². The molecule has 0 saturated carbocycles. The predicted octanol–water partition coefficient (Wildman–Crippen LogP) is 1.68. The Bertz CT molecular complexity index is 278. The van der Waals surface area contributed by atoms with Gasteiger partial charge in [-0.25, -0.2) is 8.42 Å². The summed E-state index contributed by atoms with van der Waals surface area (Å²) in [7, 11) is 1.62. The predicted molar refractivity (Wildman–Crippen MR) is 52.4 cm³/mol. The van der Waals surface area contributed by atoms with Crippen LogP contribution in [0.25, 0.3) is 0 Å². The molecule has 5 heteroatoms. The summed E-state index contributed by atoms with van der Waals surface area (Å²) in [6, 6.07) is 0. The molecule has 0 spiro atoms. The van der Waals surface area contributed by atoms with E-state index >= 15 is 0 Å². The van der Waals surface area contributed by atoms with Crippen LogP contribution in [0.15, 0.2) is 12.2 Å². The maximum absolute atomic E-state index is 10.7. The standard InChI is InChI=1S/C8H13ClO3S/c1-7(6-13(9,10)11)8-4-2-3-5-12-8/h8H,1-6H2. The molecule has 13 heavy (non-hydrogen) atoms. The molecule has 1 aliphatic heterocycles. The molecule has 0 radical (unpaired) electrons. The van der Waals surface area contributed by atoms with Crippen molar-refractivity contribution in [1.29, 1.82) is 0 Å². The Labute approximate surface area is 83.1 Å². The van der Waals surface area contributed by atoms with Gasteiger partial charge in [0.15, 0.2) is 0 Å². The smallest absolute Gasteiger partial charge is 0.236 e. The number of ether oxygens (including phenoxy) is 1. The molecule has 1 unspecified atom stereocenters. The van der Waals surface area contributed by atoms with Crippen molar-refractivity contribution in [3.63, 3.8) is 0 Å². The summed E-state index contributed by atoms with van der Waals surface area (Å²) in [5.41, 5.74) is 0.565. The van der Waals surface area contributed by atoms with E-state index in [0.29, 0.717) is 12.2 Å². The highest BCUT2D eigenvalue weighted by molar-refractivity contribution is 8.13. The Hall–Kier alpha value is -0.0600. The van der Waals surface area contributed by atoms with Crippen molar-refractivity contribution in [3.05, 3.63) is 12.2 Å². The minimum absolute atomic E-state index is 0.123. The summed E-state index contributed by atoms with van der Waals surface area (Å²) >= 11 is 0. The minimum Gasteiger partial charge on any atom is -0.374 e. The summed E-state index contributed by atoms with van der Waals surface area (Å²) in [5, 5.41) is 0. The van der Waals surface area contributed by atoms with Gasteiger partial charge in [0.25, 0.3) is 0 Å². The van der Waals surface area contributed by atoms with Gasteiger partial charge in [-0.2, -0.15) is 0 Å². The molecule has 0 N–H and O–H groups in total. The van der Waals surface area contributed by atoms with E-state index in [4.69, 9.17) is 15.4 Å². The molecule has 0 aromatic rings. The summed E-state index contributed by atoms with van der Waals surface area (Å²) in [6.07, 6.45) is 2.83. The molecule has 0 bridgehead atoms. The van der Waals surface area contributed by atoms with E-state index in [2.05, 4.69) is 6.58 Å². The second kappa shape index (κ2) is 4.44. The van der Waals surface area contributed by atoms with Gasteiger partial charge in [0.2, 0.25) is 9.05 Å². The van der Waals surface area contributed by atoms with E-state index < -0.39 is 9.05 Å². The molecule has 76 valence electrons. The molecule has 1 aliphatic rings. The average Bonchev–Trinajstić information content (AvgIpc) is 2.03. The van der Waals surface area contributed by atoms with Crippen molar-refractivity contribution in [2.75, 3.05) is 12.4 Å². The van der Waals surface area contributed by atoms with E-state index in [9.17, 15) is 8.42 Å². The van der Waals surface area contributed by atoms with Gasteiger partial charge in [-0.05, 0) is 24.8 Å². The first-order chi connectivity index (χ1) is 5.99. The van der Waals surface area contributed by atoms with Crippen molar-refractivity contribution in [2.45, 2.75) is 25.4 Å². The normalized spacial score (nSPS) is 24.2. The first kappa shape index (κ1) is 11.0. The quantitative estimate of drug-likeness (QED) is 0.541. The van der Waals surface area contributed by atoms with E-state index in [-0.39, 0.29) is 11.9 Å². The molecular weight excluding hydrogens is 212 g/mol. The highest BCUT2D eigenvalue weighted by atomic mass is 35.7. The Kier molecular flexibility index (Phi) is 3.76. The number of halogens is 1. The zero-order valence-corrected chi connectivity index (χ0v) is 8.90. The molecule has 3 nitrogen and oxygen atoms in total. The molecular formula is C8H13ClO3S. The second-order valence-corrected chi connectivity index (χ2v) is 5.97. The largest absolute Gasteiger partial charge is 0.374 e. The van der Waals surface area contributed by atoms with Gasteiger partial charge in [0, 0.05) is 17.3 Å². The lowest BCUT2D eigenvalue weighted by molar-refractivity contribution is 0.0399. The Morgan fingerprint density at radius 3 is 2.69 bits per heavy atom. The van der Waals surface area contributed by atoms with E-state index in [1.54, 1.807) is 0 Å². The summed E-state index contributed by atoms with van der Waals surface area (Å²) in [5.74, 6) is -0.181. The van der Waals surface area contributed by atoms with Crippen LogP contribution >= 0.6 is 10.7 Å². The van der Waals surface area contributed by atoms with Crippen LogP contribution in [0.3, 0.4) is 0 Å². The van der Waals surface area contributed by atoms with Crippen LogP contribution in [0, 0.1) is 0 Å². The molecule has 0 amide bonds. The summed E-state index contributed by atoms with van der Waals surface area (Å²) < 4.78 is 26.8. The van der Waals surface area contributed by atoms with Crippen molar-refractivity contribution in [3.8, 4) is 0 Å². The second-order valence-electron chi connectivity index (χ2n) is 3.20. The number of hydrogen-bond acceptors (Lipinski definition) is 3. The maximum Gasteiger partial charge on any atom is 0.236 e.